The summed E-state index contributed by atoms with van der Waals surface area (Å²) in [5.41, 5.74) is 4.31. The van der Waals surface area contributed by atoms with Gasteiger partial charge >= 0.3 is 0 Å². The minimum atomic E-state index is -0.0310. The molecule has 0 aliphatic carbocycles. The summed E-state index contributed by atoms with van der Waals surface area (Å²) in [7, 11) is 0. The number of halogens is 1. The van der Waals surface area contributed by atoms with Crippen molar-refractivity contribution >= 4 is 23.0 Å². The van der Waals surface area contributed by atoms with E-state index in [-0.39, 0.29) is 6.04 Å². The van der Waals surface area contributed by atoms with Crippen LogP contribution in [0.2, 0.25) is 5.02 Å². The average Bonchev–Trinajstić information content (AvgIpc) is 2.74. The second-order valence-electron chi connectivity index (χ2n) is 6.26. The lowest BCUT2D eigenvalue weighted by atomic mass is 9.96. The largest absolute Gasteiger partial charge is 0.327 e. The van der Waals surface area contributed by atoms with Gasteiger partial charge in [0.15, 0.2) is 0 Å². The van der Waals surface area contributed by atoms with Crippen LogP contribution >= 0.6 is 11.6 Å². The molecule has 0 amide bonds. The Balaban J connectivity index is 1.96. The van der Waals surface area contributed by atoms with Crippen LogP contribution in [-0.4, -0.2) is 4.98 Å². The van der Waals surface area contributed by atoms with E-state index < -0.39 is 0 Å². The fourth-order valence-electron chi connectivity index (χ4n) is 3.33. The Morgan fingerprint density at radius 2 is 1.26 bits per heavy atom. The Bertz CT molecular complexity index is 949. The van der Waals surface area contributed by atoms with Gasteiger partial charge in [-0.25, -0.2) is 0 Å². The summed E-state index contributed by atoms with van der Waals surface area (Å²) in [6, 6.07) is 32.9. The van der Waals surface area contributed by atoms with Crippen molar-refractivity contribution in [3.63, 3.8) is 0 Å². The van der Waals surface area contributed by atoms with Gasteiger partial charge in [-0.2, -0.15) is 0 Å². The molecule has 0 atom stereocenters. The molecule has 0 spiro atoms. The summed E-state index contributed by atoms with van der Waals surface area (Å²) in [5.74, 6) is 0. The molecule has 3 heteroatoms. The predicted molar refractivity (Wildman–Crippen MR) is 113 cm³/mol. The highest BCUT2D eigenvalue weighted by molar-refractivity contribution is 6.33. The zero-order valence-electron chi connectivity index (χ0n) is 14.7. The zero-order chi connectivity index (χ0) is 18.5. The van der Waals surface area contributed by atoms with Gasteiger partial charge in [0, 0.05) is 6.20 Å². The fraction of sp³-hybridized carbons (Fsp3) is 0.0417. The minimum absolute atomic E-state index is 0.0310. The third-order valence-electron chi connectivity index (χ3n) is 4.52. The van der Waals surface area contributed by atoms with E-state index in [2.05, 4.69) is 64.5 Å². The number of para-hydroxylation sites is 1. The second kappa shape index (κ2) is 8.07. The molecule has 0 unspecified atom stereocenters. The van der Waals surface area contributed by atoms with Crippen LogP contribution in [0.3, 0.4) is 0 Å². The molecule has 0 aliphatic heterocycles. The minimum Gasteiger partial charge on any atom is -0.327 e. The molecular weight excluding hydrogens is 352 g/mol. The summed E-state index contributed by atoms with van der Waals surface area (Å²) in [6.07, 6.45) is 3.66. The molecule has 0 N–H and O–H groups in total. The third kappa shape index (κ3) is 3.71. The molecule has 0 bridgehead atoms. The normalized spacial score (nSPS) is 10.7. The maximum absolute atomic E-state index is 6.63. The van der Waals surface area contributed by atoms with Crippen molar-refractivity contribution in [2.75, 3.05) is 4.90 Å². The van der Waals surface area contributed by atoms with E-state index >= 15 is 0 Å². The zero-order valence-corrected chi connectivity index (χ0v) is 15.5. The summed E-state index contributed by atoms with van der Waals surface area (Å²) >= 11 is 6.63. The molecule has 27 heavy (non-hydrogen) atoms. The number of pyridine rings is 1. The van der Waals surface area contributed by atoms with Gasteiger partial charge in [-0.05, 0) is 35.4 Å². The van der Waals surface area contributed by atoms with Gasteiger partial charge in [0.05, 0.1) is 28.6 Å². The smallest absolute Gasteiger partial charge is 0.0845 e. The van der Waals surface area contributed by atoms with E-state index in [0.29, 0.717) is 5.02 Å². The third-order valence-corrected chi connectivity index (χ3v) is 4.84. The van der Waals surface area contributed by atoms with Gasteiger partial charge in [0.2, 0.25) is 0 Å². The first kappa shape index (κ1) is 17.3. The lowest BCUT2D eigenvalue weighted by molar-refractivity contribution is 0.817. The van der Waals surface area contributed by atoms with Gasteiger partial charge < -0.3 is 4.90 Å². The van der Waals surface area contributed by atoms with Crippen molar-refractivity contribution in [3.05, 3.63) is 126 Å². The summed E-state index contributed by atoms with van der Waals surface area (Å²) in [6.45, 7) is 0. The van der Waals surface area contributed by atoms with Crippen LogP contribution in [0.1, 0.15) is 17.2 Å². The molecule has 0 aliphatic rings. The number of aromatic nitrogens is 1. The lowest BCUT2D eigenvalue weighted by Crippen LogP contribution is -2.25. The quantitative estimate of drug-likeness (QED) is 0.390. The van der Waals surface area contributed by atoms with Crippen molar-refractivity contribution in [1.29, 1.82) is 0 Å². The molecule has 1 heterocycles. The molecule has 0 saturated carbocycles. The van der Waals surface area contributed by atoms with Crippen LogP contribution in [0, 0.1) is 0 Å². The van der Waals surface area contributed by atoms with Crippen molar-refractivity contribution in [1.82, 2.24) is 4.98 Å². The Morgan fingerprint density at radius 3 is 1.81 bits per heavy atom. The lowest BCUT2D eigenvalue weighted by Gasteiger charge is -2.35. The predicted octanol–water partition coefficient (Wildman–Crippen LogP) is 6.66. The molecule has 0 radical (unpaired) electrons. The average molecular weight is 371 g/mol. The summed E-state index contributed by atoms with van der Waals surface area (Å²) in [5, 5.41) is 0.707. The van der Waals surface area contributed by atoms with E-state index in [0.717, 1.165) is 11.4 Å². The van der Waals surface area contributed by atoms with Crippen molar-refractivity contribution < 1.29 is 0 Å². The topological polar surface area (TPSA) is 16.1 Å². The highest BCUT2D eigenvalue weighted by Crippen LogP contribution is 2.41. The van der Waals surface area contributed by atoms with Gasteiger partial charge in [0.25, 0.3) is 0 Å². The Hall–Kier alpha value is -3.10. The monoisotopic (exact) mass is 370 g/mol. The summed E-state index contributed by atoms with van der Waals surface area (Å²) < 4.78 is 0. The van der Waals surface area contributed by atoms with Crippen molar-refractivity contribution in [2.45, 2.75) is 6.04 Å². The van der Waals surface area contributed by atoms with Crippen molar-refractivity contribution in [3.8, 4) is 0 Å². The standard InChI is InChI=1S/C24H19ClN2/c25-22-15-7-8-16-23(22)27(21-14-9-17-26-18-21)24(19-10-3-1-4-11-19)20-12-5-2-6-13-20/h1-18,24H. The number of rotatable bonds is 5. The Labute approximate surface area is 164 Å². The van der Waals surface area contributed by atoms with Gasteiger partial charge in [-0.1, -0.05) is 84.4 Å². The number of benzene rings is 3. The highest BCUT2D eigenvalue weighted by Gasteiger charge is 2.25. The van der Waals surface area contributed by atoms with Crippen LogP contribution in [0.4, 0.5) is 11.4 Å². The Kier molecular flexibility index (Phi) is 5.17. The molecule has 132 valence electrons. The number of anilines is 2. The molecule has 2 nitrogen and oxygen atoms in total. The van der Waals surface area contributed by atoms with Crippen LogP contribution in [0.15, 0.2) is 109 Å². The Morgan fingerprint density at radius 1 is 0.667 bits per heavy atom. The molecule has 4 aromatic rings. The highest BCUT2D eigenvalue weighted by atomic mass is 35.5. The summed E-state index contributed by atoms with van der Waals surface area (Å²) in [4.78, 5) is 6.60. The first-order valence-electron chi connectivity index (χ1n) is 8.88. The van der Waals surface area contributed by atoms with E-state index in [4.69, 9.17) is 11.6 Å². The van der Waals surface area contributed by atoms with Crippen LogP contribution < -0.4 is 4.90 Å². The first-order valence-corrected chi connectivity index (χ1v) is 9.26. The van der Waals surface area contributed by atoms with Gasteiger partial charge in [0.1, 0.15) is 0 Å². The van der Waals surface area contributed by atoms with Crippen LogP contribution in [0.5, 0.6) is 0 Å². The van der Waals surface area contributed by atoms with E-state index in [1.54, 1.807) is 6.20 Å². The van der Waals surface area contributed by atoms with Gasteiger partial charge in [-0.15, -0.1) is 0 Å². The number of hydrogen-bond acceptors (Lipinski definition) is 2. The van der Waals surface area contributed by atoms with E-state index in [9.17, 15) is 0 Å². The first-order chi connectivity index (χ1) is 13.3. The molecule has 4 rings (SSSR count). The van der Waals surface area contributed by atoms with Gasteiger partial charge in [-0.3, -0.25) is 4.98 Å². The molecule has 0 fully saturated rings. The molecule has 0 saturated heterocycles. The molecule has 3 aromatic carbocycles. The SMILES string of the molecule is Clc1ccccc1N(c1cccnc1)C(c1ccccc1)c1ccccc1. The second-order valence-corrected chi connectivity index (χ2v) is 6.66. The molecule has 1 aromatic heterocycles. The van der Waals surface area contributed by atoms with Crippen molar-refractivity contribution in [2.24, 2.45) is 0 Å². The van der Waals surface area contributed by atoms with Crippen LogP contribution in [0.25, 0.3) is 0 Å². The van der Waals surface area contributed by atoms with E-state index in [1.807, 2.05) is 48.7 Å². The fourth-order valence-corrected chi connectivity index (χ4v) is 3.56. The van der Waals surface area contributed by atoms with E-state index in [1.165, 1.54) is 11.1 Å². The number of nitrogens with zero attached hydrogens (tertiary/aromatic N) is 2. The molecular formula is C24H19ClN2. The maximum atomic E-state index is 6.63. The maximum Gasteiger partial charge on any atom is 0.0845 e. The number of hydrogen-bond donors (Lipinski definition) is 0. The van der Waals surface area contributed by atoms with Crippen LogP contribution in [-0.2, 0) is 0 Å².